The van der Waals surface area contributed by atoms with E-state index in [0.717, 1.165) is 26.1 Å². The Kier molecular flexibility index (Phi) is 5.38. The van der Waals surface area contributed by atoms with Gasteiger partial charge in [-0.15, -0.1) is 0 Å². The molecular formula is C17H30N4. The van der Waals surface area contributed by atoms with E-state index in [1.165, 1.54) is 22.3 Å². The minimum absolute atomic E-state index is 0.276. The lowest BCUT2D eigenvalue weighted by atomic mass is 9.91. The van der Waals surface area contributed by atoms with E-state index in [4.69, 9.17) is 5.84 Å². The Balaban J connectivity index is 2.19. The number of hydrogen-bond donors (Lipinski definition) is 2. The minimum Gasteiger partial charge on any atom is -0.303 e. The van der Waals surface area contributed by atoms with Crippen LogP contribution in [0.15, 0.2) is 12.1 Å². The normalized spacial score (nSPS) is 22.5. The first-order chi connectivity index (χ1) is 9.92. The first-order valence-electron chi connectivity index (χ1n) is 7.84. The van der Waals surface area contributed by atoms with Gasteiger partial charge in [-0.3, -0.25) is 16.2 Å². The van der Waals surface area contributed by atoms with Crippen molar-refractivity contribution in [1.82, 2.24) is 15.2 Å². The topological polar surface area (TPSA) is 44.5 Å². The van der Waals surface area contributed by atoms with Crippen LogP contribution < -0.4 is 11.3 Å². The second kappa shape index (κ2) is 6.88. The van der Waals surface area contributed by atoms with E-state index in [9.17, 15) is 0 Å². The zero-order valence-electron chi connectivity index (χ0n) is 14.1. The van der Waals surface area contributed by atoms with Crippen molar-refractivity contribution in [2.45, 2.75) is 39.3 Å². The van der Waals surface area contributed by atoms with Crippen LogP contribution in [0.4, 0.5) is 0 Å². The molecule has 118 valence electrons. The predicted molar refractivity (Wildman–Crippen MR) is 89.4 cm³/mol. The number of nitrogens with one attached hydrogen (secondary N) is 1. The van der Waals surface area contributed by atoms with Crippen LogP contribution in [0, 0.1) is 20.8 Å². The van der Waals surface area contributed by atoms with Gasteiger partial charge in [0.1, 0.15) is 0 Å². The molecule has 1 saturated heterocycles. The summed E-state index contributed by atoms with van der Waals surface area (Å²) >= 11 is 0. The van der Waals surface area contributed by atoms with Crippen molar-refractivity contribution in [1.29, 1.82) is 0 Å². The highest BCUT2D eigenvalue weighted by Crippen LogP contribution is 2.21. The van der Waals surface area contributed by atoms with Gasteiger partial charge in [0.05, 0.1) is 0 Å². The summed E-state index contributed by atoms with van der Waals surface area (Å²) in [5.41, 5.74) is 8.59. The molecule has 0 radical (unpaired) electrons. The van der Waals surface area contributed by atoms with Crippen LogP contribution in [0.25, 0.3) is 0 Å². The largest absolute Gasteiger partial charge is 0.303 e. The highest BCUT2D eigenvalue weighted by Gasteiger charge is 2.29. The summed E-state index contributed by atoms with van der Waals surface area (Å²) in [6.45, 7) is 9.87. The van der Waals surface area contributed by atoms with Crippen molar-refractivity contribution in [3.05, 3.63) is 34.4 Å². The quantitative estimate of drug-likeness (QED) is 0.647. The fraction of sp³-hybridized carbons (Fsp3) is 0.647. The molecule has 1 aromatic carbocycles. The molecule has 21 heavy (non-hydrogen) atoms. The van der Waals surface area contributed by atoms with Crippen LogP contribution >= 0.6 is 0 Å². The zero-order valence-corrected chi connectivity index (χ0v) is 14.1. The average molecular weight is 290 g/mol. The number of likely N-dealkylation sites (N-methyl/N-ethyl adjacent to an activating group) is 2. The van der Waals surface area contributed by atoms with E-state index in [0.29, 0.717) is 6.04 Å². The molecule has 1 aromatic rings. The molecule has 0 saturated carbocycles. The van der Waals surface area contributed by atoms with Crippen molar-refractivity contribution >= 4 is 0 Å². The monoisotopic (exact) mass is 290 g/mol. The molecule has 0 amide bonds. The first-order valence-corrected chi connectivity index (χ1v) is 7.84. The maximum atomic E-state index is 5.89. The number of hydrazine groups is 1. The number of piperazine rings is 1. The van der Waals surface area contributed by atoms with Gasteiger partial charge in [0.15, 0.2) is 0 Å². The summed E-state index contributed by atoms with van der Waals surface area (Å²) in [7, 11) is 4.40. The fourth-order valence-corrected chi connectivity index (χ4v) is 3.54. The minimum atomic E-state index is 0.276. The molecule has 0 bridgehead atoms. The van der Waals surface area contributed by atoms with Gasteiger partial charge >= 0.3 is 0 Å². The van der Waals surface area contributed by atoms with Crippen LogP contribution in [0.3, 0.4) is 0 Å². The van der Waals surface area contributed by atoms with Gasteiger partial charge in [-0.2, -0.15) is 0 Å². The van der Waals surface area contributed by atoms with Crippen molar-refractivity contribution in [2.24, 2.45) is 5.84 Å². The Bertz CT molecular complexity index is 463. The standard InChI is InChI=1S/C17H30N4/c1-12-8-13(2)15(14(3)9-12)10-16(19-18)17-11-20(4)6-7-21(17)5/h8-9,16-17,19H,6-7,10-11,18H2,1-5H3. The summed E-state index contributed by atoms with van der Waals surface area (Å²) in [4.78, 5) is 4.83. The lowest BCUT2D eigenvalue weighted by molar-refractivity contribution is 0.0876. The number of nitrogens with two attached hydrogens (primary N) is 1. The SMILES string of the molecule is Cc1cc(C)c(CC(NN)C2CN(C)CCN2C)c(C)c1. The summed E-state index contributed by atoms with van der Waals surface area (Å²) in [5, 5.41) is 0. The predicted octanol–water partition coefficient (Wildman–Crippen LogP) is 1.23. The van der Waals surface area contributed by atoms with Crippen LogP contribution in [0.5, 0.6) is 0 Å². The van der Waals surface area contributed by atoms with Crippen LogP contribution in [0.2, 0.25) is 0 Å². The van der Waals surface area contributed by atoms with Crippen LogP contribution in [-0.4, -0.2) is 55.6 Å². The van der Waals surface area contributed by atoms with Gasteiger partial charge in [-0.05, 0) is 58.0 Å². The summed E-state index contributed by atoms with van der Waals surface area (Å²) in [5.74, 6) is 5.89. The van der Waals surface area contributed by atoms with Crippen LogP contribution in [0.1, 0.15) is 22.3 Å². The molecule has 0 aliphatic carbocycles. The number of benzene rings is 1. The van der Waals surface area contributed by atoms with Gasteiger partial charge in [-0.1, -0.05) is 17.7 Å². The lowest BCUT2D eigenvalue weighted by Gasteiger charge is -2.42. The molecule has 1 aliphatic heterocycles. The van der Waals surface area contributed by atoms with Gasteiger partial charge < -0.3 is 4.90 Å². The maximum Gasteiger partial charge on any atom is 0.0419 e. The summed E-state index contributed by atoms with van der Waals surface area (Å²) in [6.07, 6.45) is 0.983. The number of aryl methyl sites for hydroxylation is 3. The molecule has 0 aromatic heterocycles. The van der Waals surface area contributed by atoms with Crippen molar-refractivity contribution in [3.8, 4) is 0 Å². The van der Waals surface area contributed by atoms with Gasteiger partial charge in [0.25, 0.3) is 0 Å². The summed E-state index contributed by atoms with van der Waals surface area (Å²) in [6, 6.07) is 5.27. The number of hydrogen-bond acceptors (Lipinski definition) is 4. The molecule has 2 atom stereocenters. The summed E-state index contributed by atoms with van der Waals surface area (Å²) < 4.78 is 0. The van der Waals surface area contributed by atoms with E-state index in [1.54, 1.807) is 0 Å². The molecule has 1 fully saturated rings. The van der Waals surface area contributed by atoms with Gasteiger partial charge in [-0.25, -0.2) is 0 Å². The van der Waals surface area contributed by atoms with E-state index < -0.39 is 0 Å². The first kappa shape index (κ1) is 16.4. The molecule has 2 unspecified atom stereocenters. The Hall–Kier alpha value is -0.940. The molecular weight excluding hydrogens is 260 g/mol. The number of nitrogens with zero attached hydrogens (tertiary/aromatic N) is 2. The smallest absolute Gasteiger partial charge is 0.0419 e. The Morgan fingerprint density at radius 1 is 1.19 bits per heavy atom. The van der Waals surface area contributed by atoms with Crippen molar-refractivity contribution in [3.63, 3.8) is 0 Å². The zero-order chi connectivity index (χ0) is 15.6. The third kappa shape index (κ3) is 3.83. The molecule has 1 heterocycles. The molecule has 4 nitrogen and oxygen atoms in total. The Labute approximate surface area is 129 Å². The molecule has 2 rings (SSSR count). The van der Waals surface area contributed by atoms with Crippen molar-refractivity contribution in [2.75, 3.05) is 33.7 Å². The number of rotatable bonds is 4. The molecule has 0 spiro atoms. The third-order valence-corrected chi connectivity index (χ3v) is 4.84. The Morgan fingerprint density at radius 3 is 2.38 bits per heavy atom. The Morgan fingerprint density at radius 2 is 1.81 bits per heavy atom. The molecule has 3 N–H and O–H groups in total. The second-order valence-corrected chi connectivity index (χ2v) is 6.66. The third-order valence-electron chi connectivity index (χ3n) is 4.84. The highest BCUT2D eigenvalue weighted by molar-refractivity contribution is 5.38. The van der Waals surface area contributed by atoms with Gasteiger partial charge in [0, 0.05) is 31.7 Å². The van der Waals surface area contributed by atoms with Crippen LogP contribution in [-0.2, 0) is 6.42 Å². The van der Waals surface area contributed by atoms with E-state index in [1.807, 2.05) is 0 Å². The van der Waals surface area contributed by atoms with E-state index in [2.05, 4.69) is 62.2 Å². The second-order valence-electron chi connectivity index (χ2n) is 6.66. The molecule has 1 aliphatic rings. The lowest BCUT2D eigenvalue weighted by Crippen LogP contribution is -2.60. The fourth-order valence-electron chi connectivity index (χ4n) is 3.54. The highest BCUT2D eigenvalue weighted by atomic mass is 15.3. The maximum absolute atomic E-state index is 5.89. The van der Waals surface area contributed by atoms with Crippen molar-refractivity contribution < 1.29 is 0 Å². The average Bonchev–Trinajstić information content (AvgIpc) is 2.41. The van der Waals surface area contributed by atoms with E-state index >= 15 is 0 Å². The van der Waals surface area contributed by atoms with Gasteiger partial charge in [0.2, 0.25) is 0 Å². The van der Waals surface area contributed by atoms with E-state index in [-0.39, 0.29) is 6.04 Å². The molecule has 4 heteroatoms.